The summed E-state index contributed by atoms with van der Waals surface area (Å²) in [5.41, 5.74) is 0.369. The van der Waals surface area contributed by atoms with E-state index in [0.717, 1.165) is 11.8 Å². The highest BCUT2D eigenvalue weighted by Crippen LogP contribution is 2.27. The molecule has 0 fully saturated rings. The third kappa shape index (κ3) is 4.28. The van der Waals surface area contributed by atoms with Gasteiger partial charge in [-0.15, -0.1) is 10.2 Å². The van der Waals surface area contributed by atoms with Crippen LogP contribution in [-0.4, -0.2) is 26.3 Å². The van der Waals surface area contributed by atoms with Crippen molar-refractivity contribution in [2.24, 2.45) is 0 Å². The number of hydrogen-bond donors (Lipinski definition) is 1. The monoisotopic (exact) mass is 374 g/mol. The SMILES string of the molecule is CC(Sc1nnc(-c2cccc([N+](=O)[O-])c2)o1)C(=O)NCc1ccco1. The fourth-order valence-corrected chi connectivity index (χ4v) is 2.77. The molecule has 0 radical (unpaired) electrons. The van der Waals surface area contributed by atoms with Gasteiger partial charge in [0, 0.05) is 17.7 Å². The maximum absolute atomic E-state index is 12.1. The minimum atomic E-state index is -0.499. The van der Waals surface area contributed by atoms with Crippen molar-refractivity contribution in [3.63, 3.8) is 0 Å². The Morgan fingerprint density at radius 3 is 2.92 bits per heavy atom. The number of furan rings is 1. The molecule has 0 bridgehead atoms. The molecule has 2 aromatic heterocycles. The van der Waals surface area contributed by atoms with Crippen molar-refractivity contribution < 1.29 is 18.6 Å². The van der Waals surface area contributed by atoms with Gasteiger partial charge in [0.25, 0.3) is 10.9 Å². The number of nitro groups is 1. The van der Waals surface area contributed by atoms with E-state index in [1.807, 2.05) is 0 Å². The second-order valence-corrected chi connectivity index (χ2v) is 6.53. The lowest BCUT2D eigenvalue weighted by Gasteiger charge is -2.08. The predicted molar refractivity (Wildman–Crippen MR) is 92.3 cm³/mol. The van der Waals surface area contributed by atoms with Crippen molar-refractivity contribution in [3.8, 4) is 11.5 Å². The predicted octanol–water partition coefficient (Wildman–Crippen LogP) is 3.03. The third-order valence-corrected chi connectivity index (χ3v) is 4.31. The summed E-state index contributed by atoms with van der Waals surface area (Å²) in [6.07, 6.45) is 1.54. The standard InChI is InChI=1S/C16H14N4O5S/c1-10(14(21)17-9-13-6-3-7-24-13)26-16-19-18-15(25-16)11-4-2-5-12(8-11)20(22)23/h2-8,10H,9H2,1H3,(H,17,21). The Morgan fingerprint density at radius 2 is 2.19 bits per heavy atom. The molecule has 3 aromatic rings. The molecule has 0 aliphatic rings. The van der Waals surface area contributed by atoms with E-state index in [2.05, 4.69) is 15.5 Å². The first kappa shape index (κ1) is 17.7. The number of nitro benzene ring substituents is 1. The van der Waals surface area contributed by atoms with Gasteiger partial charge in [-0.05, 0) is 25.1 Å². The maximum atomic E-state index is 12.1. The van der Waals surface area contributed by atoms with Crippen LogP contribution in [0.1, 0.15) is 12.7 Å². The van der Waals surface area contributed by atoms with Crippen molar-refractivity contribution in [3.05, 3.63) is 58.5 Å². The van der Waals surface area contributed by atoms with Crippen molar-refractivity contribution >= 4 is 23.4 Å². The van der Waals surface area contributed by atoms with Gasteiger partial charge in [-0.2, -0.15) is 0 Å². The summed E-state index contributed by atoms with van der Waals surface area (Å²) < 4.78 is 10.6. The largest absolute Gasteiger partial charge is 0.467 e. The molecule has 26 heavy (non-hydrogen) atoms. The molecule has 1 atom stereocenters. The first-order chi connectivity index (χ1) is 12.5. The van der Waals surface area contributed by atoms with Crippen molar-refractivity contribution in [2.45, 2.75) is 23.9 Å². The van der Waals surface area contributed by atoms with Crippen LogP contribution in [-0.2, 0) is 11.3 Å². The van der Waals surface area contributed by atoms with Crippen molar-refractivity contribution in [1.82, 2.24) is 15.5 Å². The van der Waals surface area contributed by atoms with Gasteiger partial charge in [0.15, 0.2) is 0 Å². The molecule has 1 N–H and O–H groups in total. The summed E-state index contributed by atoms with van der Waals surface area (Å²) in [7, 11) is 0. The van der Waals surface area contributed by atoms with E-state index < -0.39 is 10.2 Å². The molecule has 9 nitrogen and oxygen atoms in total. The van der Waals surface area contributed by atoms with Gasteiger partial charge in [-0.25, -0.2) is 0 Å². The van der Waals surface area contributed by atoms with E-state index in [-0.39, 0.29) is 22.7 Å². The lowest BCUT2D eigenvalue weighted by atomic mass is 10.2. The van der Waals surface area contributed by atoms with Crippen LogP contribution < -0.4 is 5.32 Å². The summed E-state index contributed by atoms with van der Waals surface area (Å²) in [6, 6.07) is 9.40. The molecule has 0 aliphatic heterocycles. The Bertz CT molecular complexity index is 909. The minimum Gasteiger partial charge on any atom is -0.467 e. The van der Waals surface area contributed by atoms with Gasteiger partial charge in [-0.3, -0.25) is 14.9 Å². The van der Waals surface area contributed by atoms with Gasteiger partial charge in [0.05, 0.1) is 23.0 Å². The average Bonchev–Trinajstić information content (AvgIpc) is 3.31. The molecular formula is C16H14N4O5S. The first-order valence-electron chi connectivity index (χ1n) is 7.58. The number of aromatic nitrogens is 2. The molecule has 0 saturated carbocycles. The molecule has 3 rings (SSSR count). The number of carbonyl (C=O) groups is 1. The van der Waals surface area contributed by atoms with E-state index in [1.165, 1.54) is 24.5 Å². The third-order valence-electron chi connectivity index (χ3n) is 3.37. The summed E-state index contributed by atoms with van der Waals surface area (Å²) >= 11 is 1.10. The lowest BCUT2D eigenvalue weighted by Crippen LogP contribution is -2.30. The molecule has 1 amide bonds. The highest BCUT2D eigenvalue weighted by atomic mass is 32.2. The van der Waals surface area contributed by atoms with Crippen LogP contribution in [0, 0.1) is 10.1 Å². The Kier molecular flexibility index (Phi) is 5.32. The van der Waals surface area contributed by atoms with Crippen LogP contribution >= 0.6 is 11.8 Å². The van der Waals surface area contributed by atoms with Gasteiger partial charge >= 0.3 is 0 Å². The van der Waals surface area contributed by atoms with E-state index in [9.17, 15) is 14.9 Å². The molecule has 10 heteroatoms. The molecular weight excluding hydrogens is 360 g/mol. The minimum absolute atomic E-state index is 0.0689. The number of nitrogens with zero attached hydrogens (tertiary/aromatic N) is 3. The molecule has 134 valence electrons. The second-order valence-electron chi connectivity index (χ2n) is 5.24. The average molecular weight is 374 g/mol. The van der Waals surface area contributed by atoms with Gasteiger partial charge in [-0.1, -0.05) is 17.8 Å². The fourth-order valence-electron chi connectivity index (χ4n) is 2.06. The number of hydrogen-bond acceptors (Lipinski definition) is 8. The van der Waals surface area contributed by atoms with Crippen LogP contribution in [0.15, 0.2) is 56.7 Å². The van der Waals surface area contributed by atoms with E-state index >= 15 is 0 Å². The van der Waals surface area contributed by atoms with Crippen LogP contribution in [0.25, 0.3) is 11.5 Å². The quantitative estimate of drug-likeness (QED) is 0.380. The molecule has 1 unspecified atom stereocenters. The summed E-state index contributed by atoms with van der Waals surface area (Å²) in [5, 5.41) is 21.1. The Hall–Kier alpha value is -3.14. The number of non-ortho nitro benzene ring substituents is 1. The summed E-state index contributed by atoms with van der Waals surface area (Å²) in [4.78, 5) is 22.4. The highest BCUT2D eigenvalue weighted by Gasteiger charge is 2.19. The van der Waals surface area contributed by atoms with Crippen LogP contribution in [0.2, 0.25) is 0 Å². The van der Waals surface area contributed by atoms with E-state index in [1.54, 1.807) is 25.1 Å². The van der Waals surface area contributed by atoms with Gasteiger partial charge < -0.3 is 14.2 Å². The zero-order valence-electron chi connectivity index (χ0n) is 13.6. The van der Waals surface area contributed by atoms with Gasteiger partial charge in [0.2, 0.25) is 11.8 Å². The molecule has 0 saturated heterocycles. The number of benzene rings is 1. The molecule has 0 spiro atoms. The smallest absolute Gasteiger partial charge is 0.277 e. The topological polar surface area (TPSA) is 124 Å². The first-order valence-corrected chi connectivity index (χ1v) is 8.46. The van der Waals surface area contributed by atoms with Crippen LogP contribution in [0.4, 0.5) is 5.69 Å². The lowest BCUT2D eigenvalue weighted by molar-refractivity contribution is -0.384. The number of nitrogens with one attached hydrogen (secondary N) is 1. The molecule has 1 aromatic carbocycles. The van der Waals surface area contributed by atoms with Crippen molar-refractivity contribution in [2.75, 3.05) is 0 Å². The van der Waals surface area contributed by atoms with E-state index in [0.29, 0.717) is 17.9 Å². The zero-order chi connectivity index (χ0) is 18.5. The number of rotatable bonds is 7. The molecule has 0 aliphatic carbocycles. The maximum Gasteiger partial charge on any atom is 0.277 e. The Balaban J connectivity index is 1.61. The highest BCUT2D eigenvalue weighted by molar-refractivity contribution is 8.00. The van der Waals surface area contributed by atoms with E-state index in [4.69, 9.17) is 8.83 Å². The summed E-state index contributed by atoms with van der Waals surface area (Å²) in [5.74, 6) is 0.599. The van der Waals surface area contributed by atoms with Crippen LogP contribution in [0.5, 0.6) is 0 Å². The van der Waals surface area contributed by atoms with Gasteiger partial charge in [0.1, 0.15) is 5.76 Å². The zero-order valence-corrected chi connectivity index (χ0v) is 14.4. The summed E-state index contributed by atoms with van der Waals surface area (Å²) in [6.45, 7) is 2.00. The van der Waals surface area contributed by atoms with Crippen LogP contribution in [0.3, 0.4) is 0 Å². The fraction of sp³-hybridized carbons (Fsp3) is 0.188. The number of amides is 1. The Labute approximate surface area is 151 Å². The number of thioether (sulfide) groups is 1. The normalized spacial score (nSPS) is 11.9. The Morgan fingerprint density at radius 1 is 1.35 bits per heavy atom. The number of carbonyl (C=O) groups excluding carboxylic acids is 1. The molecule has 2 heterocycles. The van der Waals surface area contributed by atoms with Crippen molar-refractivity contribution in [1.29, 1.82) is 0 Å². The second kappa shape index (κ2) is 7.83.